The Labute approximate surface area is 186 Å². The van der Waals surface area contributed by atoms with Crippen molar-refractivity contribution in [1.82, 2.24) is 10.2 Å². The highest BCUT2D eigenvalue weighted by molar-refractivity contribution is 6.30. The van der Waals surface area contributed by atoms with Crippen LogP contribution in [0.5, 0.6) is 5.75 Å². The van der Waals surface area contributed by atoms with Gasteiger partial charge in [0.15, 0.2) is 0 Å². The van der Waals surface area contributed by atoms with Crippen molar-refractivity contribution in [1.29, 1.82) is 0 Å². The zero-order chi connectivity index (χ0) is 19.0. The molecule has 1 saturated heterocycles. The summed E-state index contributed by atoms with van der Waals surface area (Å²) in [6.45, 7) is 7.98. The van der Waals surface area contributed by atoms with E-state index in [9.17, 15) is 4.79 Å². The van der Waals surface area contributed by atoms with Crippen molar-refractivity contribution >= 4 is 42.3 Å². The van der Waals surface area contributed by atoms with Gasteiger partial charge in [0.2, 0.25) is 5.91 Å². The molecule has 28 heavy (non-hydrogen) atoms. The first-order chi connectivity index (χ1) is 12.5. The maximum Gasteiger partial charge on any atom is 0.227 e. The molecule has 1 aromatic rings. The van der Waals surface area contributed by atoms with E-state index in [-0.39, 0.29) is 36.8 Å². The van der Waals surface area contributed by atoms with Crippen LogP contribution in [0.1, 0.15) is 39.5 Å². The minimum absolute atomic E-state index is 0. The fourth-order valence-electron chi connectivity index (χ4n) is 3.42. The summed E-state index contributed by atoms with van der Waals surface area (Å²) in [6, 6.07) is 7.68. The van der Waals surface area contributed by atoms with E-state index in [0.29, 0.717) is 18.2 Å². The monoisotopic (exact) mass is 453 g/mol. The van der Waals surface area contributed by atoms with E-state index in [1.165, 1.54) is 0 Å². The van der Waals surface area contributed by atoms with Crippen LogP contribution < -0.4 is 15.8 Å². The van der Waals surface area contributed by atoms with Gasteiger partial charge in [-0.1, -0.05) is 25.4 Å². The SMILES string of the molecule is CCC(CC)(CN)C(=O)NC1CCN(CCOc2ccc(Cl)cc2)CC1.Cl.Cl. The molecule has 5 nitrogen and oxygen atoms in total. The third-order valence-electron chi connectivity index (χ3n) is 5.64. The molecular weight excluding hydrogens is 421 g/mol. The van der Waals surface area contributed by atoms with Gasteiger partial charge in [0.05, 0.1) is 5.41 Å². The first-order valence-corrected chi connectivity index (χ1v) is 10.0. The molecule has 0 aliphatic carbocycles. The lowest BCUT2D eigenvalue weighted by molar-refractivity contribution is -0.132. The van der Waals surface area contributed by atoms with E-state index in [1.807, 2.05) is 38.1 Å². The number of nitrogens with two attached hydrogens (primary N) is 1. The molecule has 0 atom stereocenters. The lowest BCUT2D eigenvalue weighted by Crippen LogP contribution is -2.52. The van der Waals surface area contributed by atoms with Crippen LogP contribution in [-0.2, 0) is 4.79 Å². The molecule has 0 spiro atoms. The summed E-state index contributed by atoms with van der Waals surface area (Å²) in [6.07, 6.45) is 3.51. The van der Waals surface area contributed by atoms with Gasteiger partial charge in [0, 0.05) is 37.2 Å². The molecule has 162 valence electrons. The Kier molecular flexibility index (Phi) is 13.1. The number of piperidine rings is 1. The number of nitrogens with one attached hydrogen (secondary N) is 1. The standard InChI is InChI=1S/C20H32ClN3O2.2ClH/c1-3-20(4-2,15-22)19(25)23-17-9-11-24(12-10-17)13-14-26-18-7-5-16(21)6-8-18;;/h5-8,17H,3-4,9-15,22H2,1-2H3,(H,23,25);2*1H. The maximum atomic E-state index is 12.6. The Morgan fingerprint density at radius 1 is 1.21 bits per heavy atom. The van der Waals surface area contributed by atoms with Gasteiger partial charge in [-0.15, -0.1) is 24.8 Å². The number of ether oxygens (including phenoxy) is 1. The van der Waals surface area contributed by atoms with Crippen molar-refractivity contribution in [3.8, 4) is 5.75 Å². The molecule has 1 fully saturated rings. The van der Waals surface area contributed by atoms with Crippen molar-refractivity contribution in [2.45, 2.75) is 45.6 Å². The second-order valence-corrected chi connectivity index (χ2v) is 7.52. The first-order valence-electron chi connectivity index (χ1n) is 9.64. The van der Waals surface area contributed by atoms with Crippen LogP contribution in [0.25, 0.3) is 0 Å². The zero-order valence-corrected chi connectivity index (χ0v) is 19.2. The highest BCUT2D eigenvalue weighted by atomic mass is 35.5. The predicted molar refractivity (Wildman–Crippen MR) is 121 cm³/mol. The maximum absolute atomic E-state index is 12.6. The Morgan fingerprint density at radius 3 is 2.29 bits per heavy atom. The van der Waals surface area contributed by atoms with Crippen LogP contribution in [0, 0.1) is 5.41 Å². The van der Waals surface area contributed by atoms with Gasteiger partial charge < -0.3 is 15.8 Å². The third-order valence-corrected chi connectivity index (χ3v) is 5.89. The second kappa shape index (κ2) is 13.5. The van der Waals surface area contributed by atoms with Gasteiger partial charge in [-0.05, 0) is 49.9 Å². The highest BCUT2D eigenvalue weighted by Crippen LogP contribution is 2.26. The van der Waals surface area contributed by atoms with Crippen molar-refractivity contribution in [2.75, 3.05) is 32.8 Å². The number of carbonyl (C=O) groups is 1. The summed E-state index contributed by atoms with van der Waals surface area (Å²) in [5.41, 5.74) is 5.46. The summed E-state index contributed by atoms with van der Waals surface area (Å²) >= 11 is 5.87. The molecule has 1 amide bonds. The molecule has 0 radical (unpaired) electrons. The van der Waals surface area contributed by atoms with Gasteiger partial charge in [0.25, 0.3) is 0 Å². The molecule has 2 rings (SSSR count). The topological polar surface area (TPSA) is 67.6 Å². The summed E-state index contributed by atoms with van der Waals surface area (Å²) in [5.74, 6) is 0.961. The van der Waals surface area contributed by atoms with E-state index in [2.05, 4.69) is 10.2 Å². The van der Waals surface area contributed by atoms with Crippen molar-refractivity contribution < 1.29 is 9.53 Å². The molecule has 0 saturated carbocycles. The highest BCUT2D eigenvalue weighted by Gasteiger charge is 2.35. The summed E-state index contributed by atoms with van der Waals surface area (Å²) in [5, 5.41) is 3.95. The smallest absolute Gasteiger partial charge is 0.227 e. The van der Waals surface area contributed by atoms with Crippen molar-refractivity contribution in [2.24, 2.45) is 11.1 Å². The number of nitrogens with zero attached hydrogens (tertiary/aromatic N) is 1. The number of likely N-dealkylation sites (tertiary alicyclic amines) is 1. The van der Waals surface area contributed by atoms with Crippen molar-refractivity contribution in [3.05, 3.63) is 29.3 Å². The van der Waals surface area contributed by atoms with Gasteiger partial charge in [-0.2, -0.15) is 0 Å². The number of hydrogen-bond acceptors (Lipinski definition) is 4. The lowest BCUT2D eigenvalue weighted by Gasteiger charge is -2.35. The predicted octanol–water partition coefficient (Wildman–Crippen LogP) is 3.91. The Morgan fingerprint density at radius 2 is 1.79 bits per heavy atom. The number of halogens is 3. The van der Waals surface area contributed by atoms with Crippen LogP contribution in [0.2, 0.25) is 5.02 Å². The fourth-order valence-corrected chi connectivity index (χ4v) is 3.54. The minimum atomic E-state index is -0.413. The van der Waals surface area contributed by atoms with Crippen LogP contribution >= 0.6 is 36.4 Å². The van der Waals surface area contributed by atoms with Crippen LogP contribution in [-0.4, -0.2) is 49.6 Å². The molecule has 3 N–H and O–H groups in total. The average Bonchev–Trinajstić information content (AvgIpc) is 2.67. The molecule has 8 heteroatoms. The summed E-state index contributed by atoms with van der Waals surface area (Å²) in [4.78, 5) is 15.0. The number of benzene rings is 1. The quantitative estimate of drug-likeness (QED) is 0.593. The van der Waals surface area contributed by atoms with Gasteiger partial charge in [-0.3, -0.25) is 9.69 Å². The molecule has 1 aromatic carbocycles. The fraction of sp³-hybridized carbons (Fsp3) is 0.650. The molecular formula is C20H34Cl3N3O2. The van der Waals surface area contributed by atoms with E-state index in [1.54, 1.807) is 0 Å². The van der Waals surface area contributed by atoms with Crippen molar-refractivity contribution in [3.63, 3.8) is 0 Å². The number of amides is 1. The van der Waals surface area contributed by atoms with Crippen LogP contribution in [0.3, 0.4) is 0 Å². The molecule has 0 unspecified atom stereocenters. The molecule has 0 bridgehead atoms. The minimum Gasteiger partial charge on any atom is -0.492 e. The third kappa shape index (κ3) is 7.60. The van der Waals surface area contributed by atoms with Gasteiger partial charge in [-0.25, -0.2) is 0 Å². The summed E-state index contributed by atoms with van der Waals surface area (Å²) < 4.78 is 5.76. The van der Waals surface area contributed by atoms with Gasteiger partial charge >= 0.3 is 0 Å². The second-order valence-electron chi connectivity index (χ2n) is 7.08. The molecule has 1 heterocycles. The Hall–Kier alpha value is -0.720. The largest absolute Gasteiger partial charge is 0.492 e. The Balaban J connectivity index is 0.00000364. The average molecular weight is 455 g/mol. The van der Waals surface area contributed by atoms with Crippen LogP contribution in [0.4, 0.5) is 0 Å². The number of carbonyl (C=O) groups excluding carboxylic acids is 1. The first kappa shape index (κ1) is 27.3. The van der Waals surface area contributed by atoms with E-state index in [0.717, 1.165) is 51.1 Å². The molecule has 0 aromatic heterocycles. The number of rotatable bonds is 9. The molecule has 1 aliphatic heterocycles. The van der Waals surface area contributed by atoms with E-state index in [4.69, 9.17) is 22.1 Å². The van der Waals surface area contributed by atoms with E-state index < -0.39 is 5.41 Å². The van der Waals surface area contributed by atoms with Gasteiger partial charge in [0.1, 0.15) is 12.4 Å². The van der Waals surface area contributed by atoms with Crippen LogP contribution in [0.15, 0.2) is 24.3 Å². The molecule has 1 aliphatic rings. The normalized spacial score (nSPS) is 15.3. The lowest BCUT2D eigenvalue weighted by atomic mass is 9.81. The zero-order valence-electron chi connectivity index (χ0n) is 16.8. The number of hydrogen-bond donors (Lipinski definition) is 2. The summed E-state index contributed by atoms with van der Waals surface area (Å²) in [7, 11) is 0. The Bertz CT molecular complexity index is 552. The van der Waals surface area contributed by atoms with E-state index >= 15 is 0 Å².